The lowest BCUT2D eigenvalue weighted by Gasteiger charge is -2.36. The molecule has 0 aromatic heterocycles. The summed E-state index contributed by atoms with van der Waals surface area (Å²) in [4.78, 5) is 2.30. The lowest BCUT2D eigenvalue weighted by molar-refractivity contribution is -0.137. The van der Waals surface area contributed by atoms with Crippen molar-refractivity contribution < 1.29 is 17.9 Å². The molecule has 0 saturated carbocycles. The van der Waals surface area contributed by atoms with Gasteiger partial charge in [-0.3, -0.25) is 4.90 Å². The lowest BCUT2D eigenvalue weighted by atomic mass is 9.97. The molecule has 1 aliphatic heterocycles. The number of hydrogen-bond acceptors (Lipinski definition) is 3. The molecule has 2 rings (SSSR count). The van der Waals surface area contributed by atoms with Crippen LogP contribution in [-0.2, 0) is 6.18 Å². The van der Waals surface area contributed by atoms with Gasteiger partial charge in [0.15, 0.2) is 0 Å². The van der Waals surface area contributed by atoms with Gasteiger partial charge in [0, 0.05) is 37.8 Å². The minimum Gasteiger partial charge on any atom is -0.496 e. The Kier molecular flexibility index (Phi) is 6.07. The first-order valence-electron chi connectivity index (χ1n) is 7.78. The van der Waals surface area contributed by atoms with Gasteiger partial charge in [0.2, 0.25) is 0 Å². The molecule has 1 atom stereocenters. The van der Waals surface area contributed by atoms with Crippen LogP contribution in [0.1, 0.15) is 30.0 Å². The van der Waals surface area contributed by atoms with Crippen LogP contribution < -0.4 is 10.1 Å². The van der Waals surface area contributed by atoms with Gasteiger partial charge in [0.05, 0.1) is 12.7 Å². The number of methoxy groups -OCH3 is 1. The predicted molar refractivity (Wildman–Crippen MR) is 84.6 cm³/mol. The predicted octanol–water partition coefficient (Wildman–Crippen LogP) is 3.63. The van der Waals surface area contributed by atoms with Crippen LogP contribution >= 0.6 is 0 Å². The number of ether oxygens (including phenoxy) is 1. The number of rotatable bonds is 6. The number of piperazine rings is 1. The van der Waals surface area contributed by atoms with E-state index in [4.69, 9.17) is 4.74 Å². The van der Waals surface area contributed by atoms with E-state index < -0.39 is 11.7 Å². The number of hydrogen-bond donors (Lipinski definition) is 1. The molecule has 1 N–H and O–H groups in total. The highest BCUT2D eigenvalue weighted by atomic mass is 19.4. The Morgan fingerprint density at radius 1 is 1.35 bits per heavy atom. The van der Waals surface area contributed by atoms with Crippen LogP contribution in [0.4, 0.5) is 13.2 Å². The molecular formula is C17H23F3N2O. The Balaban J connectivity index is 2.34. The van der Waals surface area contributed by atoms with Crippen LogP contribution in [-0.4, -0.2) is 38.2 Å². The van der Waals surface area contributed by atoms with Gasteiger partial charge in [-0.05, 0) is 25.0 Å². The summed E-state index contributed by atoms with van der Waals surface area (Å²) in [7, 11) is 1.42. The van der Waals surface area contributed by atoms with Crippen LogP contribution in [0, 0.1) is 0 Å². The maximum absolute atomic E-state index is 12.9. The van der Waals surface area contributed by atoms with E-state index in [2.05, 4.69) is 16.8 Å². The number of alkyl halides is 3. The van der Waals surface area contributed by atoms with Crippen LogP contribution in [0.5, 0.6) is 5.75 Å². The van der Waals surface area contributed by atoms with Crippen molar-refractivity contribution in [1.29, 1.82) is 0 Å². The molecule has 0 amide bonds. The van der Waals surface area contributed by atoms with Gasteiger partial charge in [0.1, 0.15) is 5.75 Å². The molecule has 1 heterocycles. The number of nitrogens with zero attached hydrogens (tertiary/aromatic N) is 1. The van der Waals surface area contributed by atoms with E-state index in [0.29, 0.717) is 5.75 Å². The maximum Gasteiger partial charge on any atom is 0.416 e. The SMILES string of the molecule is C=CCC[C@H](c1ccc(C(F)(F)F)cc1OC)N1CCNCC1. The molecule has 23 heavy (non-hydrogen) atoms. The number of benzene rings is 1. The summed E-state index contributed by atoms with van der Waals surface area (Å²) in [6.07, 6.45) is -0.910. The van der Waals surface area contributed by atoms with Gasteiger partial charge in [-0.1, -0.05) is 12.1 Å². The van der Waals surface area contributed by atoms with Crippen LogP contribution in [0.2, 0.25) is 0 Å². The van der Waals surface area contributed by atoms with E-state index in [1.54, 1.807) is 6.07 Å². The zero-order valence-electron chi connectivity index (χ0n) is 13.3. The first-order valence-corrected chi connectivity index (χ1v) is 7.78. The smallest absolute Gasteiger partial charge is 0.416 e. The fraction of sp³-hybridized carbons (Fsp3) is 0.529. The average molecular weight is 328 g/mol. The van der Waals surface area contributed by atoms with Gasteiger partial charge in [0.25, 0.3) is 0 Å². The first kappa shape index (κ1) is 17.8. The molecular weight excluding hydrogens is 305 g/mol. The maximum atomic E-state index is 12.9. The fourth-order valence-electron chi connectivity index (χ4n) is 2.97. The van der Waals surface area contributed by atoms with E-state index >= 15 is 0 Å². The Hall–Kier alpha value is -1.53. The minimum atomic E-state index is -4.36. The summed E-state index contributed by atoms with van der Waals surface area (Å²) >= 11 is 0. The summed E-state index contributed by atoms with van der Waals surface area (Å²) in [5.41, 5.74) is 0.130. The molecule has 0 radical (unpaired) electrons. The van der Waals surface area contributed by atoms with Gasteiger partial charge in [-0.2, -0.15) is 13.2 Å². The van der Waals surface area contributed by atoms with E-state index in [0.717, 1.165) is 56.7 Å². The second-order valence-electron chi connectivity index (χ2n) is 5.62. The third-order valence-corrected chi connectivity index (χ3v) is 4.16. The minimum absolute atomic E-state index is 0.0346. The molecule has 1 aromatic rings. The molecule has 3 nitrogen and oxygen atoms in total. The Bertz CT molecular complexity index is 525. The standard InChI is InChI=1S/C17H23F3N2O/c1-3-4-5-15(22-10-8-21-9-11-22)14-7-6-13(17(18,19)20)12-16(14)23-2/h3,6-7,12,15,21H,1,4-5,8-11H2,2H3/t15-/m1/s1. The van der Waals surface area contributed by atoms with E-state index in [1.807, 2.05) is 6.08 Å². The monoisotopic (exact) mass is 328 g/mol. The summed E-state index contributed by atoms with van der Waals surface area (Å²) in [6.45, 7) is 7.25. The third kappa shape index (κ3) is 4.48. The second kappa shape index (κ2) is 7.84. The Labute approximate surface area is 135 Å². The van der Waals surface area contributed by atoms with Crippen molar-refractivity contribution in [3.05, 3.63) is 42.0 Å². The quantitative estimate of drug-likeness (QED) is 0.807. The highest BCUT2D eigenvalue weighted by molar-refractivity contribution is 5.41. The van der Waals surface area contributed by atoms with Crippen molar-refractivity contribution in [3.63, 3.8) is 0 Å². The van der Waals surface area contributed by atoms with Gasteiger partial charge in [-0.15, -0.1) is 6.58 Å². The van der Waals surface area contributed by atoms with Crippen LogP contribution in [0.15, 0.2) is 30.9 Å². The summed E-state index contributed by atoms with van der Waals surface area (Å²) in [6, 6.07) is 3.82. The highest BCUT2D eigenvalue weighted by Gasteiger charge is 2.32. The molecule has 6 heteroatoms. The zero-order chi connectivity index (χ0) is 16.9. The zero-order valence-corrected chi connectivity index (χ0v) is 13.3. The van der Waals surface area contributed by atoms with Crippen LogP contribution in [0.3, 0.4) is 0 Å². The van der Waals surface area contributed by atoms with Gasteiger partial charge >= 0.3 is 6.18 Å². The third-order valence-electron chi connectivity index (χ3n) is 4.16. The Morgan fingerprint density at radius 2 is 2.04 bits per heavy atom. The van der Waals surface area contributed by atoms with E-state index in [1.165, 1.54) is 7.11 Å². The summed E-state index contributed by atoms with van der Waals surface area (Å²) < 4.78 is 44.0. The Morgan fingerprint density at radius 3 is 2.61 bits per heavy atom. The topological polar surface area (TPSA) is 24.5 Å². The second-order valence-corrected chi connectivity index (χ2v) is 5.62. The molecule has 128 valence electrons. The average Bonchev–Trinajstić information content (AvgIpc) is 2.55. The molecule has 0 bridgehead atoms. The van der Waals surface area contributed by atoms with E-state index in [9.17, 15) is 13.2 Å². The largest absolute Gasteiger partial charge is 0.496 e. The van der Waals surface area contributed by atoms with E-state index in [-0.39, 0.29) is 6.04 Å². The summed E-state index contributed by atoms with van der Waals surface area (Å²) in [5.74, 6) is 0.299. The molecule has 0 unspecified atom stereocenters. The number of nitrogens with one attached hydrogen (secondary N) is 1. The molecule has 1 aliphatic rings. The first-order chi connectivity index (χ1) is 11.0. The molecule has 1 aromatic carbocycles. The lowest BCUT2D eigenvalue weighted by Crippen LogP contribution is -2.45. The molecule has 1 saturated heterocycles. The molecule has 1 fully saturated rings. The summed E-state index contributed by atoms with van der Waals surface area (Å²) in [5, 5.41) is 3.29. The van der Waals surface area contributed by atoms with Crippen molar-refractivity contribution in [2.75, 3.05) is 33.3 Å². The van der Waals surface area contributed by atoms with Crippen LogP contribution in [0.25, 0.3) is 0 Å². The van der Waals surface area contributed by atoms with Gasteiger partial charge in [-0.25, -0.2) is 0 Å². The highest BCUT2D eigenvalue weighted by Crippen LogP contribution is 2.38. The normalized spacial score (nSPS) is 17.7. The van der Waals surface area contributed by atoms with Crippen molar-refractivity contribution in [1.82, 2.24) is 10.2 Å². The van der Waals surface area contributed by atoms with Crippen molar-refractivity contribution >= 4 is 0 Å². The van der Waals surface area contributed by atoms with Crippen molar-refractivity contribution in [2.45, 2.75) is 25.1 Å². The van der Waals surface area contributed by atoms with Crippen molar-refractivity contribution in [3.8, 4) is 5.75 Å². The number of allylic oxidation sites excluding steroid dienone is 1. The van der Waals surface area contributed by atoms with Gasteiger partial charge < -0.3 is 10.1 Å². The number of halogens is 3. The fourth-order valence-corrected chi connectivity index (χ4v) is 2.97. The molecule has 0 aliphatic carbocycles. The van der Waals surface area contributed by atoms with Crippen molar-refractivity contribution in [2.24, 2.45) is 0 Å². The molecule has 0 spiro atoms.